The van der Waals surface area contributed by atoms with E-state index in [1.165, 1.54) is 0 Å². The van der Waals surface area contributed by atoms with Gasteiger partial charge < -0.3 is 4.74 Å². The zero-order valence-electron chi connectivity index (χ0n) is 8.60. The molecule has 0 aliphatic rings. The van der Waals surface area contributed by atoms with E-state index in [1.807, 2.05) is 33.8 Å². The Morgan fingerprint density at radius 2 is 2.08 bits per heavy atom. The van der Waals surface area contributed by atoms with Crippen LogP contribution in [0.5, 0.6) is 5.88 Å². The molecule has 1 aromatic heterocycles. The summed E-state index contributed by atoms with van der Waals surface area (Å²) in [5.41, 5.74) is 0.991. The fourth-order valence-electron chi connectivity index (χ4n) is 0.740. The summed E-state index contributed by atoms with van der Waals surface area (Å²) in [6, 6.07) is 1.83. The van der Waals surface area contributed by atoms with Crippen molar-refractivity contribution in [3.05, 3.63) is 22.8 Å². The molecule has 2 nitrogen and oxygen atoms in total. The summed E-state index contributed by atoms with van der Waals surface area (Å²) in [7, 11) is 0. The van der Waals surface area contributed by atoms with Crippen LogP contribution < -0.4 is 4.74 Å². The summed E-state index contributed by atoms with van der Waals surface area (Å²) in [6.45, 7) is 8.48. The fourth-order valence-corrected chi connectivity index (χ4v) is 0.844. The van der Waals surface area contributed by atoms with Gasteiger partial charge in [-0.1, -0.05) is 25.4 Å². The largest absolute Gasteiger partial charge is 0.478 e. The van der Waals surface area contributed by atoms with Gasteiger partial charge in [0.15, 0.2) is 0 Å². The molecule has 0 bridgehead atoms. The molecule has 3 heteroatoms. The Kier molecular flexibility index (Phi) is 6.33. The molecule has 0 aliphatic heterocycles. The monoisotopic (exact) mass is 201 g/mol. The lowest BCUT2D eigenvalue weighted by Gasteiger charge is -2.02. The molecule has 0 radical (unpaired) electrons. The van der Waals surface area contributed by atoms with Crippen LogP contribution in [0.4, 0.5) is 0 Å². The average molecular weight is 202 g/mol. The van der Waals surface area contributed by atoms with E-state index >= 15 is 0 Å². The van der Waals surface area contributed by atoms with Gasteiger partial charge in [-0.25, -0.2) is 4.98 Å². The number of halogens is 1. The minimum atomic E-state index is 0.633. The zero-order chi connectivity index (χ0) is 10.3. The first kappa shape index (κ1) is 12.2. The van der Waals surface area contributed by atoms with E-state index in [2.05, 4.69) is 4.98 Å². The molecular weight excluding hydrogens is 186 g/mol. The maximum atomic E-state index is 5.76. The van der Waals surface area contributed by atoms with Gasteiger partial charge in [0.05, 0.1) is 11.6 Å². The van der Waals surface area contributed by atoms with Crippen molar-refractivity contribution in [3.8, 4) is 5.88 Å². The van der Waals surface area contributed by atoms with Gasteiger partial charge in [-0.15, -0.1) is 0 Å². The quantitative estimate of drug-likeness (QED) is 0.731. The lowest BCUT2D eigenvalue weighted by Crippen LogP contribution is -1.94. The summed E-state index contributed by atoms with van der Waals surface area (Å²) < 4.78 is 5.17. The first-order chi connectivity index (χ1) is 6.24. The molecule has 1 rings (SSSR count). The molecule has 74 valence electrons. The molecule has 0 unspecified atom stereocenters. The molecule has 0 saturated carbocycles. The number of ether oxygens (including phenoxy) is 1. The van der Waals surface area contributed by atoms with Gasteiger partial charge in [0.25, 0.3) is 0 Å². The lowest BCUT2D eigenvalue weighted by atomic mass is 10.3. The molecule has 0 aliphatic carbocycles. The summed E-state index contributed by atoms with van der Waals surface area (Å²) in [6.07, 6.45) is 1.60. The second-order valence-electron chi connectivity index (χ2n) is 2.20. The van der Waals surface area contributed by atoms with Crippen LogP contribution >= 0.6 is 11.6 Å². The molecule has 13 heavy (non-hydrogen) atoms. The SMILES string of the molecule is CC.CCOc1cc(C)c(Cl)cn1. The van der Waals surface area contributed by atoms with E-state index < -0.39 is 0 Å². The highest BCUT2D eigenvalue weighted by atomic mass is 35.5. The smallest absolute Gasteiger partial charge is 0.213 e. The van der Waals surface area contributed by atoms with E-state index in [0.717, 1.165) is 5.56 Å². The number of hydrogen-bond acceptors (Lipinski definition) is 2. The van der Waals surface area contributed by atoms with E-state index in [0.29, 0.717) is 17.5 Å². The van der Waals surface area contributed by atoms with Crippen LogP contribution in [0, 0.1) is 6.92 Å². The van der Waals surface area contributed by atoms with Crippen LogP contribution in [-0.4, -0.2) is 11.6 Å². The first-order valence-corrected chi connectivity index (χ1v) is 4.86. The topological polar surface area (TPSA) is 22.1 Å². The number of nitrogens with zero attached hydrogens (tertiary/aromatic N) is 1. The molecule has 0 saturated heterocycles. The average Bonchev–Trinajstić information content (AvgIpc) is 2.15. The molecule has 0 atom stereocenters. The highest BCUT2D eigenvalue weighted by Gasteiger charge is 1.97. The lowest BCUT2D eigenvalue weighted by molar-refractivity contribution is 0.326. The van der Waals surface area contributed by atoms with Gasteiger partial charge in [-0.2, -0.15) is 0 Å². The minimum absolute atomic E-state index is 0.633. The predicted molar refractivity (Wildman–Crippen MR) is 56.5 cm³/mol. The molecule has 0 N–H and O–H groups in total. The fraction of sp³-hybridized carbons (Fsp3) is 0.500. The van der Waals surface area contributed by atoms with E-state index in [1.54, 1.807) is 6.20 Å². The third kappa shape index (κ3) is 4.13. The summed E-state index contributed by atoms with van der Waals surface area (Å²) in [5, 5.41) is 0.674. The Hall–Kier alpha value is -0.760. The molecule has 0 fully saturated rings. The van der Waals surface area contributed by atoms with Gasteiger partial charge in [-0.3, -0.25) is 0 Å². The van der Waals surface area contributed by atoms with Crippen LogP contribution in [0.1, 0.15) is 26.3 Å². The minimum Gasteiger partial charge on any atom is -0.478 e. The van der Waals surface area contributed by atoms with Crippen molar-refractivity contribution >= 4 is 11.6 Å². The van der Waals surface area contributed by atoms with E-state index in [4.69, 9.17) is 16.3 Å². The molecule has 0 spiro atoms. The highest BCUT2D eigenvalue weighted by Crippen LogP contribution is 2.17. The van der Waals surface area contributed by atoms with Crippen molar-refractivity contribution in [2.75, 3.05) is 6.61 Å². The number of rotatable bonds is 2. The van der Waals surface area contributed by atoms with Crippen LogP contribution in [0.2, 0.25) is 5.02 Å². The van der Waals surface area contributed by atoms with Crippen LogP contribution in [0.15, 0.2) is 12.3 Å². The number of hydrogen-bond donors (Lipinski definition) is 0. The van der Waals surface area contributed by atoms with Crippen molar-refractivity contribution in [2.24, 2.45) is 0 Å². The van der Waals surface area contributed by atoms with E-state index in [-0.39, 0.29) is 0 Å². The number of pyridine rings is 1. The van der Waals surface area contributed by atoms with Gasteiger partial charge >= 0.3 is 0 Å². The second-order valence-corrected chi connectivity index (χ2v) is 2.61. The standard InChI is InChI=1S/C8H10ClNO.C2H6/c1-3-11-8-4-6(2)7(9)5-10-8;1-2/h4-5H,3H2,1-2H3;1-2H3. The van der Waals surface area contributed by atoms with Crippen molar-refractivity contribution in [2.45, 2.75) is 27.7 Å². The normalized spacial score (nSPS) is 8.69. The van der Waals surface area contributed by atoms with Crippen molar-refractivity contribution in [1.29, 1.82) is 0 Å². The van der Waals surface area contributed by atoms with Gasteiger partial charge in [-0.05, 0) is 19.4 Å². The summed E-state index contributed by atoms with van der Waals surface area (Å²) >= 11 is 5.76. The van der Waals surface area contributed by atoms with Crippen LogP contribution in [-0.2, 0) is 0 Å². The maximum Gasteiger partial charge on any atom is 0.213 e. The Morgan fingerprint density at radius 1 is 1.46 bits per heavy atom. The van der Waals surface area contributed by atoms with Crippen molar-refractivity contribution < 1.29 is 4.74 Å². The Bertz CT molecular complexity index is 251. The van der Waals surface area contributed by atoms with Gasteiger partial charge in [0.1, 0.15) is 0 Å². The summed E-state index contributed by atoms with van der Waals surface area (Å²) in [4.78, 5) is 3.97. The van der Waals surface area contributed by atoms with Crippen LogP contribution in [0.3, 0.4) is 0 Å². The Labute approximate surface area is 84.9 Å². The first-order valence-electron chi connectivity index (χ1n) is 4.49. The maximum absolute atomic E-state index is 5.76. The number of aromatic nitrogens is 1. The van der Waals surface area contributed by atoms with E-state index in [9.17, 15) is 0 Å². The van der Waals surface area contributed by atoms with Crippen molar-refractivity contribution in [1.82, 2.24) is 4.98 Å². The predicted octanol–water partition coefficient (Wildman–Crippen LogP) is 3.47. The highest BCUT2D eigenvalue weighted by molar-refractivity contribution is 6.31. The zero-order valence-corrected chi connectivity index (χ0v) is 9.35. The molecule has 0 amide bonds. The second kappa shape index (κ2) is 6.72. The molecule has 1 heterocycles. The third-order valence-electron chi connectivity index (χ3n) is 1.31. The Balaban J connectivity index is 0.000000671. The van der Waals surface area contributed by atoms with Gasteiger partial charge in [0, 0.05) is 12.3 Å². The molecule has 1 aromatic rings. The Morgan fingerprint density at radius 3 is 2.54 bits per heavy atom. The van der Waals surface area contributed by atoms with Crippen LogP contribution in [0.25, 0.3) is 0 Å². The number of aryl methyl sites for hydroxylation is 1. The molecule has 0 aromatic carbocycles. The van der Waals surface area contributed by atoms with Gasteiger partial charge in [0.2, 0.25) is 5.88 Å². The third-order valence-corrected chi connectivity index (χ3v) is 1.71. The molecular formula is C10H16ClNO. The van der Waals surface area contributed by atoms with Crippen molar-refractivity contribution in [3.63, 3.8) is 0 Å². The summed E-state index contributed by atoms with van der Waals surface area (Å²) in [5.74, 6) is 0.634.